The summed E-state index contributed by atoms with van der Waals surface area (Å²) in [6.45, 7) is 0. The topological polar surface area (TPSA) is 114 Å². The number of nitrogens with two attached hydrogens (primary N) is 1. The third-order valence-corrected chi connectivity index (χ3v) is 6.13. The van der Waals surface area contributed by atoms with Gasteiger partial charge in [-0.25, -0.2) is 0 Å². The molecule has 1 aliphatic heterocycles. The summed E-state index contributed by atoms with van der Waals surface area (Å²) in [5, 5.41) is 0. The number of ketones is 1. The number of hydrogen-bond donors (Lipinski definition) is 1. The van der Waals surface area contributed by atoms with Gasteiger partial charge in [-0.2, -0.15) is 8.42 Å². The van der Waals surface area contributed by atoms with Gasteiger partial charge in [0.1, 0.15) is 11.5 Å². The zero-order valence-electron chi connectivity index (χ0n) is 16.7. The molecule has 0 spiro atoms. The lowest BCUT2D eigenvalue weighted by Crippen LogP contribution is -2.40. The summed E-state index contributed by atoms with van der Waals surface area (Å²) in [5.74, 6) is -2.09. The van der Waals surface area contributed by atoms with Gasteiger partial charge >= 0.3 is 10.1 Å². The maximum atomic E-state index is 13.1. The Balaban J connectivity index is 1.99. The van der Waals surface area contributed by atoms with Crippen molar-refractivity contribution in [3.05, 3.63) is 71.3 Å². The Kier molecular flexibility index (Phi) is 5.79. The fourth-order valence-electron chi connectivity index (χ4n) is 2.93. The number of hydrogen-bond acceptors (Lipinski definition) is 8. The molecule has 0 aromatic heterocycles. The molecule has 2 aromatic carbocycles. The average Bonchev–Trinajstić information content (AvgIpc) is 2.97. The van der Waals surface area contributed by atoms with E-state index in [2.05, 4.69) is 0 Å². The molecule has 0 fully saturated rings. The first-order chi connectivity index (χ1) is 14.5. The second-order valence-electron chi connectivity index (χ2n) is 6.62. The standard InChI is InChI=1S/C19H16B3NO7S/c1-27-12-8-9-14(28-2)13(10-12)18(20)16(24)15(17(23)29-18)30-31(25,26)19(21,22)11-6-4-3-5-7-11/h3-10H,23H2,1-2H3/t18-/m1/s1. The second-order valence-corrected chi connectivity index (χ2v) is 8.37. The van der Waals surface area contributed by atoms with E-state index in [0.717, 1.165) is 0 Å². The van der Waals surface area contributed by atoms with Crippen molar-refractivity contribution in [1.82, 2.24) is 0 Å². The molecule has 0 unspecified atom stereocenters. The minimum Gasteiger partial charge on any atom is -0.497 e. The maximum Gasteiger partial charge on any atom is 0.302 e. The summed E-state index contributed by atoms with van der Waals surface area (Å²) < 4.78 is 43.8. The van der Waals surface area contributed by atoms with E-state index in [9.17, 15) is 13.2 Å². The van der Waals surface area contributed by atoms with Crippen LogP contribution in [0.3, 0.4) is 0 Å². The molecule has 0 aliphatic carbocycles. The third kappa shape index (κ3) is 3.76. The minimum absolute atomic E-state index is 0.0222. The Labute approximate surface area is 184 Å². The summed E-state index contributed by atoms with van der Waals surface area (Å²) in [6.07, 6.45) is 0. The molecule has 1 aliphatic rings. The molecule has 31 heavy (non-hydrogen) atoms. The van der Waals surface area contributed by atoms with Crippen LogP contribution in [0.2, 0.25) is 0 Å². The van der Waals surface area contributed by atoms with Crippen LogP contribution < -0.4 is 15.2 Å². The van der Waals surface area contributed by atoms with Gasteiger partial charge in [-0.3, -0.25) is 4.79 Å². The number of carbonyl (C=O) groups is 1. The summed E-state index contributed by atoms with van der Waals surface area (Å²) in [5.41, 5.74) is 3.56. The lowest BCUT2D eigenvalue weighted by molar-refractivity contribution is -0.126. The number of Topliss-reactive ketones (excluding diaryl/α,β-unsaturated/α-hetero) is 1. The van der Waals surface area contributed by atoms with Crippen molar-refractivity contribution in [3.8, 4) is 11.5 Å². The number of benzene rings is 2. The first-order valence-corrected chi connectivity index (χ1v) is 10.2. The van der Waals surface area contributed by atoms with Crippen molar-refractivity contribution in [2.75, 3.05) is 14.2 Å². The van der Waals surface area contributed by atoms with Gasteiger partial charge in [-0.1, -0.05) is 30.3 Å². The highest BCUT2D eigenvalue weighted by Gasteiger charge is 2.51. The summed E-state index contributed by atoms with van der Waals surface area (Å²) in [7, 11) is 15.8. The SMILES string of the molecule is [B]C([B])(c1ccccc1)S(=O)(=O)OC1=C(N)O[C@]([B])(c2cc(OC)ccc2OC)C1=O. The smallest absolute Gasteiger partial charge is 0.302 e. The summed E-state index contributed by atoms with van der Waals surface area (Å²) in [4.78, 5) is 13.1. The zero-order chi connectivity index (χ0) is 23.0. The molecule has 6 radical (unpaired) electrons. The average molecular weight is 435 g/mol. The molecule has 1 heterocycles. The van der Waals surface area contributed by atoms with E-state index < -0.39 is 37.6 Å². The number of rotatable bonds is 7. The Morgan fingerprint density at radius 3 is 2.29 bits per heavy atom. The second kappa shape index (κ2) is 7.92. The normalized spacial score (nSPS) is 19.1. The molecule has 8 nitrogen and oxygen atoms in total. The van der Waals surface area contributed by atoms with Gasteiger partial charge in [0.15, 0.2) is 13.3 Å². The Morgan fingerprint density at radius 2 is 1.71 bits per heavy atom. The predicted octanol–water partition coefficient (Wildman–Crippen LogP) is 0.246. The van der Waals surface area contributed by atoms with Crippen LogP contribution in [-0.4, -0.2) is 52.0 Å². The lowest BCUT2D eigenvalue weighted by Gasteiger charge is -2.27. The summed E-state index contributed by atoms with van der Waals surface area (Å²) >= 11 is 0. The van der Waals surface area contributed by atoms with Crippen molar-refractivity contribution in [2.24, 2.45) is 5.73 Å². The monoisotopic (exact) mass is 435 g/mol. The molecule has 3 rings (SSSR count). The van der Waals surface area contributed by atoms with E-state index >= 15 is 0 Å². The van der Waals surface area contributed by atoms with Gasteiger partial charge in [-0.15, -0.1) is 0 Å². The van der Waals surface area contributed by atoms with Gasteiger partial charge in [0.2, 0.25) is 17.4 Å². The first kappa shape index (κ1) is 22.7. The summed E-state index contributed by atoms with van der Waals surface area (Å²) in [6, 6.07) is 12.0. The molecular formula is C19H16B3NO7S. The first-order valence-electron chi connectivity index (χ1n) is 8.80. The predicted molar refractivity (Wildman–Crippen MR) is 114 cm³/mol. The third-order valence-electron chi connectivity index (χ3n) is 4.68. The highest BCUT2D eigenvalue weighted by molar-refractivity contribution is 7.90. The van der Waals surface area contributed by atoms with Gasteiger partial charge < -0.3 is 24.1 Å². The van der Waals surface area contributed by atoms with Crippen LogP contribution in [0.25, 0.3) is 0 Å². The number of ether oxygens (including phenoxy) is 3. The van der Waals surface area contributed by atoms with E-state index in [-0.39, 0.29) is 16.9 Å². The van der Waals surface area contributed by atoms with Crippen molar-refractivity contribution in [1.29, 1.82) is 0 Å². The van der Waals surface area contributed by atoms with Crippen LogP contribution in [-0.2, 0) is 33.9 Å². The molecule has 0 saturated heterocycles. The minimum atomic E-state index is -4.82. The zero-order valence-corrected chi connectivity index (χ0v) is 17.5. The van der Waals surface area contributed by atoms with Gasteiger partial charge in [0.25, 0.3) is 0 Å². The molecular weight excluding hydrogens is 419 g/mol. The molecule has 0 amide bonds. The number of methoxy groups -OCH3 is 2. The van der Waals surface area contributed by atoms with E-state index in [0.29, 0.717) is 5.75 Å². The quantitative estimate of drug-likeness (QED) is 0.487. The molecule has 2 aromatic rings. The van der Waals surface area contributed by atoms with Crippen molar-refractivity contribution < 1.29 is 31.6 Å². The van der Waals surface area contributed by atoms with Crippen molar-refractivity contribution in [3.63, 3.8) is 0 Å². The van der Waals surface area contributed by atoms with Gasteiger partial charge in [0, 0.05) is 5.56 Å². The number of carbonyl (C=O) groups excluding carboxylic acids is 1. The van der Waals surface area contributed by atoms with Crippen LogP contribution in [0.5, 0.6) is 11.5 Å². The maximum absolute atomic E-state index is 13.1. The fraction of sp³-hybridized carbons (Fsp3) is 0.211. The molecule has 154 valence electrons. The van der Waals surface area contributed by atoms with Gasteiger partial charge in [0.05, 0.1) is 34.5 Å². The highest BCUT2D eigenvalue weighted by atomic mass is 32.2. The largest absolute Gasteiger partial charge is 0.497 e. The van der Waals surface area contributed by atoms with E-state index in [1.165, 1.54) is 50.6 Å². The van der Waals surface area contributed by atoms with Crippen molar-refractivity contribution in [2.45, 2.75) is 10.0 Å². The van der Waals surface area contributed by atoms with E-state index in [1.807, 2.05) is 0 Å². The van der Waals surface area contributed by atoms with Crippen LogP contribution in [0.1, 0.15) is 11.1 Å². The van der Waals surface area contributed by atoms with E-state index in [4.69, 9.17) is 47.7 Å². The Bertz CT molecular complexity index is 1150. The molecule has 2 N–H and O–H groups in total. The molecule has 1 atom stereocenters. The lowest BCUT2D eigenvalue weighted by atomic mass is 9.65. The van der Waals surface area contributed by atoms with Crippen LogP contribution >= 0.6 is 0 Å². The van der Waals surface area contributed by atoms with Crippen LogP contribution in [0, 0.1) is 0 Å². The Morgan fingerprint density at radius 1 is 1.06 bits per heavy atom. The highest BCUT2D eigenvalue weighted by Crippen LogP contribution is 2.42. The molecule has 12 heteroatoms. The van der Waals surface area contributed by atoms with Crippen LogP contribution in [0.4, 0.5) is 0 Å². The van der Waals surface area contributed by atoms with E-state index in [1.54, 1.807) is 12.1 Å². The van der Waals surface area contributed by atoms with Gasteiger partial charge in [-0.05, 0) is 23.8 Å². The van der Waals surface area contributed by atoms with Crippen LogP contribution in [0.15, 0.2) is 60.2 Å². The fourth-order valence-corrected chi connectivity index (χ4v) is 3.87. The molecule has 0 bridgehead atoms. The molecule has 0 saturated carbocycles. The Hall–Kier alpha value is -3.01. The van der Waals surface area contributed by atoms with Crippen molar-refractivity contribution >= 4 is 39.4 Å².